The molecule has 0 saturated heterocycles. The molecule has 1 amide bonds. The van der Waals surface area contributed by atoms with Crippen LogP contribution in [0.1, 0.15) is 15.2 Å². The Labute approximate surface area is 124 Å². The van der Waals surface area contributed by atoms with Crippen LogP contribution in [0.25, 0.3) is 0 Å². The van der Waals surface area contributed by atoms with E-state index in [1.54, 1.807) is 19.2 Å². The average molecular weight is 311 g/mol. The van der Waals surface area contributed by atoms with Crippen molar-refractivity contribution >= 4 is 34.5 Å². The van der Waals surface area contributed by atoms with Crippen LogP contribution >= 0.6 is 22.9 Å². The zero-order chi connectivity index (χ0) is 14.7. The lowest BCUT2D eigenvalue weighted by Crippen LogP contribution is -2.25. The smallest absolute Gasteiger partial charge is 0.269 e. The Morgan fingerprint density at radius 1 is 1.45 bits per heavy atom. The summed E-state index contributed by atoms with van der Waals surface area (Å²) in [5, 5.41) is 13.0. The summed E-state index contributed by atoms with van der Waals surface area (Å²) in [4.78, 5) is 24.5. The minimum atomic E-state index is -0.485. The number of nitro groups is 1. The maximum absolute atomic E-state index is 12.1. The van der Waals surface area contributed by atoms with Crippen LogP contribution in [0.3, 0.4) is 0 Å². The number of nitrogens with zero attached hydrogens (tertiary/aromatic N) is 2. The van der Waals surface area contributed by atoms with Crippen molar-refractivity contribution in [2.75, 3.05) is 7.05 Å². The second kappa shape index (κ2) is 6.02. The van der Waals surface area contributed by atoms with Gasteiger partial charge in [-0.15, -0.1) is 11.3 Å². The molecular formula is C13H11ClN2O3S. The number of carbonyl (C=O) groups is 1. The molecule has 0 radical (unpaired) electrons. The largest absolute Gasteiger partial charge is 0.337 e. The molecule has 0 aliphatic heterocycles. The van der Waals surface area contributed by atoms with E-state index >= 15 is 0 Å². The van der Waals surface area contributed by atoms with Gasteiger partial charge in [0.1, 0.15) is 0 Å². The number of non-ortho nitro benzene ring substituents is 1. The second-order valence-corrected chi connectivity index (χ2v) is 5.53. The number of thiophene rings is 1. The van der Waals surface area contributed by atoms with Crippen LogP contribution in [0.4, 0.5) is 5.69 Å². The lowest BCUT2D eigenvalue weighted by atomic mass is 10.2. The van der Waals surface area contributed by atoms with Gasteiger partial charge in [-0.1, -0.05) is 17.7 Å². The SMILES string of the molecule is CN(Cc1cc([N+](=O)[O-])ccc1Cl)C(=O)c1cccs1. The number of rotatable bonds is 4. The van der Waals surface area contributed by atoms with E-state index in [9.17, 15) is 14.9 Å². The summed E-state index contributed by atoms with van der Waals surface area (Å²) in [5.74, 6) is -0.137. The molecule has 0 unspecified atom stereocenters. The molecule has 0 aliphatic rings. The third-order valence-electron chi connectivity index (χ3n) is 2.73. The van der Waals surface area contributed by atoms with Crippen LogP contribution in [0.15, 0.2) is 35.7 Å². The summed E-state index contributed by atoms with van der Waals surface area (Å²) in [6.45, 7) is 0.219. The predicted molar refractivity (Wildman–Crippen MR) is 78.2 cm³/mol. The zero-order valence-electron chi connectivity index (χ0n) is 10.6. The van der Waals surface area contributed by atoms with Gasteiger partial charge in [-0.05, 0) is 23.1 Å². The topological polar surface area (TPSA) is 63.4 Å². The molecule has 0 atom stereocenters. The molecule has 5 nitrogen and oxygen atoms in total. The van der Waals surface area contributed by atoms with Crippen molar-refractivity contribution in [2.45, 2.75) is 6.54 Å². The van der Waals surface area contributed by atoms with Gasteiger partial charge in [-0.2, -0.15) is 0 Å². The van der Waals surface area contributed by atoms with Crippen molar-refractivity contribution in [3.8, 4) is 0 Å². The highest BCUT2D eigenvalue weighted by Gasteiger charge is 2.16. The van der Waals surface area contributed by atoms with Crippen molar-refractivity contribution in [2.24, 2.45) is 0 Å². The van der Waals surface area contributed by atoms with Crippen LogP contribution in [-0.4, -0.2) is 22.8 Å². The van der Waals surface area contributed by atoms with E-state index in [0.717, 1.165) is 0 Å². The van der Waals surface area contributed by atoms with E-state index in [1.807, 2.05) is 5.38 Å². The molecule has 0 spiro atoms. The quantitative estimate of drug-likeness (QED) is 0.640. The maximum atomic E-state index is 12.1. The molecule has 2 rings (SSSR count). The fraction of sp³-hybridized carbons (Fsp3) is 0.154. The van der Waals surface area contributed by atoms with Crippen molar-refractivity contribution < 1.29 is 9.72 Å². The van der Waals surface area contributed by atoms with Gasteiger partial charge in [0.15, 0.2) is 0 Å². The van der Waals surface area contributed by atoms with Gasteiger partial charge >= 0.3 is 0 Å². The summed E-state index contributed by atoms with van der Waals surface area (Å²) >= 11 is 7.37. The summed E-state index contributed by atoms with van der Waals surface area (Å²) in [5.41, 5.74) is 0.509. The molecule has 1 heterocycles. The standard InChI is InChI=1S/C13H11ClN2O3S/c1-15(13(17)12-3-2-6-20-12)8-9-7-10(16(18)19)4-5-11(9)14/h2-7H,8H2,1H3. The molecule has 1 aromatic heterocycles. The number of hydrogen-bond donors (Lipinski definition) is 0. The summed E-state index contributed by atoms with van der Waals surface area (Å²) in [7, 11) is 1.64. The number of benzene rings is 1. The summed E-state index contributed by atoms with van der Waals surface area (Å²) < 4.78 is 0. The molecular weight excluding hydrogens is 300 g/mol. The highest BCUT2D eigenvalue weighted by atomic mass is 35.5. The fourth-order valence-corrected chi connectivity index (χ4v) is 2.61. The Bertz CT molecular complexity index is 643. The van der Waals surface area contributed by atoms with E-state index in [0.29, 0.717) is 15.5 Å². The molecule has 0 fully saturated rings. The first-order valence-electron chi connectivity index (χ1n) is 5.71. The normalized spacial score (nSPS) is 10.3. The van der Waals surface area contributed by atoms with Crippen LogP contribution in [0, 0.1) is 10.1 Å². The Kier molecular flexibility index (Phi) is 4.36. The molecule has 104 valence electrons. The van der Waals surface area contributed by atoms with Gasteiger partial charge in [0.05, 0.1) is 9.80 Å². The monoisotopic (exact) mass is 310 g/mol. The van der Waals surface area contributed by atoms with E-state index < -0.39 is 4.92 Å². The first kappa shape index (κ1) is 14.5. The van der Waals surface area contributed by atoms with Crippen LogP contribution in [0.5, 0.6) is 0 Å². The number of hydrogen-bond acceptors (Lipinski definition) is 4. The summed E-state index contributed by atoms with van der Waals surface area (Å²) in [6.07, 6.45) is 0. The van der Waals surface area contributed by atoms with Gasteiger partial charge in [-0.25, -0.2) is 0 Å². The van der Waals surface area contributed by atoms with E-state index in [4.69, 9.17) is 11.6 Å². The van der Waals surface area contributed by atoms with Gasteiger partial charge in [0.25, 0.3) is 11.6 Å². The molecule has 1 aromatic carbocycles. The molecule has 2 aromatic rings. The van der Waals surface area contributed by atoms with Crippen molar-refractivity contribution in [1.29, 1.82) is 0 Å². The van der Waals surface area contributed by atoms with Gasteiger partial charge < -0.3 is 4.90 Å². The molecule has 0 aliphatic carbocycles. The van der Waals surface area contributed by atoms with Gasteiger partial charge in [0, 0.05) is 30.7 Å². The van der Waals surface area contributed by atoms with Crippen molar-refractivity contribution in [1.82, 2.24) is 4.90 Å². The first-order chi connectivity index (χ1) is 9.49. The van der Waals surface area contributed by atoms with Crippen molar-refractivity contribution in [3.63, 3.8) is 0 Å². The Morgan fingerprint density at radius 2 is 2.20 bits per heavy atom. The molecule has 0 bridgehead atoms. The number of nitro benzene ring substituents is 1. The van der Waals surface area contributed by atoms with Crippen LogP contribution < -0.4 is 0 Å². The third-order valence-corrected chi connectivity index (χ3v) is 3.95. The van der Waals surface area contributed by atoms with Crippen LogP contribution in [0.2, 0.25) is 5.02 Å². The Morgan fingerprint density at radius 3 is 2.80 bits per heavy atom. The average Bonchev–Trinajstić information content (AvgIpc) is 2.94. The highest BCUT2D eigenvalue weighted by Crippen LogP contribution is 2.24. The Balaban J connectivity index is 2.19. The fourth-order valence-electron chi connectivity index (χ4n) is 1.71. The van der Waals surface area contributed by atoms with Gasteiger partial charge in [-0.3, -0.25) is 14.9 Å². The second-order valence-electron chi connectivity index (χ2n) is 4.17. The first-order valence-corrected chi connectivity index (χ1v) is 6.96. The minimum absolute atomic E-state index is 0.0404. The third kappa shape index (κ3) is 3.15. The predicted octanol–water partition coefficient (Wildman–Crippen LogP) is 3.58. The molecule has 7 heteroatoms. The maximum Gasteiger partial charge on any atom is 0.269 e. The lowest BCUT2D eigenvalue weighted by Gasteiger charge is -2.17. The highest BCUT2D eigenvalue weighted by molar-refractivity contribution is 7.12. The van der Waals surface area contributed by atoms with E-state index in [1.165, 1.54) is 34.4 Å². The number of carbonyl (C=O) groups excluding carboxylic acids is 1. The van der Waals surface area contributed by atoms with E-state index in [2.05, 4.69) is 0 Å². The lowest BCUT2D eigenvalue weighted by molar-refractivity contribution is -0.384. The van der Waals surface area contributed by atoms with E-state index in [-0.39, 0.29) is 18.1 Å². The number of amides is 1. The Hall–Kier alpha value is -1.92. The van der Waals surface area contributed by atoms with Crippen LogP contribution in [-0.2, 0) is 6.54 Å². The molecule has 0 saturated carbocycles. The summed E-state index contributed by atoms with van der Waals surface area (Å²) in [6, 6.07) is 7.73. The minimum Gasteiger partial charge on any atom is -0.337 e. The number of halogens is 1. The molecule has 0 N–H and O–H groups in total. The van der Waals surface area contributed by atoms with Gasteiger partial charge in [0.2, 0.25) is 0 Å². The van der Waals surface area contributed by atoms with Crippen molar-refractivity contribution in [3.05, 3.63) is 61.3 Å². The zero-order valence-corrected chi connectivity index (χ0v) is 12.1. The molecule has 20 heavy (non-hydrogen) atoms.